The molecule has 0 bridgehead atoms. The number of ether oxygens (including phenoxy) is 1. The van der Waals surface area contributed by atoms with Crippen LogP contribution in [0.5, 0.6) is 0 Å². The maximum absolute atomic E-state index is 11.8. The first-order chi connectivity index (χ1) is 8.84. The van der Waals surface area contributed by atoms with Crippen molar-refractivity contribution in [3.8, 4) is 0 Å². The van der Waals surface area contributed by atoms with Gasteiger partial charge in [-0.25, -0.2) is 0 Å². The van der Waals surface area contributed by atoms with Gasteiger partial charge in [0.25, 0.3) is 0 Å². The van der Waals surface area contributed by atoms with Crippen molar-refractivity contribution in [1.82, 2.24) is 10.2 Å². The lowest BCUT2D eigenvalue weighted by molar-refractivity contribution is -0.128. The zero-order valence-corrected chi connectivity index (χ0v) is 11.1. The maximum Gasteiger partial charge on any atom is 0.238 e. The van der Waals surface area contributed by atoms with E-state index in [9.17, 15) is 4.79 Å². The van der Waals surface area contributed by atoms with Gasteiger partial charge in [-0.05, 0) is 30.2 Å². The monoisotopic (exact) mass is 266 g/mol. The van der Waals surface area contributed by atoms with Crippen LogP contribution in [0.2, 0.25) is 0 Å². The molecule has 98 valence electrons. The average molecular weight is 266 g/mol. The zero-order chi connectivity index (χ0) is 12.4. The van der Waals surface area contributed by atoms with E-state index in [0.29, 0.717) is 19.7 Å². The van der Waals surface area contributed by atoms with Gasteiger partial charge in [-0.2, -0.15) is 0 Å². The van der Waals surface area contributed by atoms with Gasteiger partial charge < -0.3 is 9.64 Å². The smallest absolute Gasteiger partial charge is 0.238 e. The Hall–Kier alpha value is -0.910. The van der Waals surface area contributed by atoms with E-state index in [1.54, 1.807) is 11.3 Å². The highest BCUT2D eigenvalue weighted by Gasteiger charge is 2.31. The fraction of sp³-hybridized carbons (Fsp3) is 0.615. The van der Waals surface area contributed by atoms with Gasteiger partial charge in [-0.15, -0.1) is 11.3 Å². The first-order valence-corrected chi connectivity index (χ1v) is 7.36. The second kappa shape index (κ2) is 5.38. The van der Waals surface area contributed by atoms with Gasteiger partial charge in [0.2, 0.25) is 5.91 Å². The number of carbonyl (C=O) groups is 1. The van der Waals surface area contributed by atoms with Crippen LogP contribution < -0.4 is 5.32 Å². The summed E-state index contributed by atoms with van der Waals surface area (Å²) in [4.78, 5) is 14.9. The molecule has 1 N–H and O–H groups in total. The summed E-state index contributed by atoms with van der Waals surface area (Å²) in [6.45, 7) is 2.62. The van der Waals surface area contributed by atoms with Crippen molar-refractivity contribution in [3.63, 3.8) is 0 Å². The molecule has 1 atom stereocenters. The highest BCUT2D eigenvalue weighted by molar-refractivity contribution is 7.10. The van der Waals surface area contributed by atoms with E-state index in [1.165, 1.54) is 17.7 Å². The number of nitrogens with zero attached hydrogens (tertiary/aromatic N) is 1. The van der Waals surface area contributed by atoms with Gasteiger partial charge >= 0.3 is 0 Å². The van der Waals surface area contributed by atoms with Crippen molar-refractivity contribution in [3.05, 3.63) is 22.4 Å². The molecule has 1 aliphatic heterocycles. The van der Waals surface area contributed by atoms with E-state index in [4.69, 9.17) is 4.74 Å². The summed E-state index contributed by atoms with van der Waals surface area (Å²) in [5, 5.41) is 5.30. The second-order valence-corrected chi connectivity index (χ2v) is 5.88. The van der Waals surface area contributed by atoms with Crippen LogP contribution in [0.4, 0.5) is 0 Å². The number of hydrogen-bond donors (Lipinski definition) is 1. The molecule has 2 aliphatic rings. The van der Waals surface area contributed by atoms with Gasteiger partial charge in [0.15, 0.2) is 0 Å². The van der Waals surface area contributed by atoms with Crippen molar-refractivity contribution in [1.29, 1.82) is 0 Å². The van der Waals surface area contributed by atoms with Crippen LogP contribution in [0, 0.1) is 5.92 Å². The molecule has 1 aliphatic carbocycles. The van der Waals surface area contributed by atoms with Gasteiger partial charge in [-0.3, -0.25) is 10.1 Å². The quantitative estimate of drug-likeness (QED) is 0.795. The number of nitrogens with one attached hydrogen (secondary N) is 1. The molecular formula is C13H18N2O2S. The van der Waals surface area contributed by atoms with Crippen LogP contribution >= 0.6 is 11.3 Å². The highest BCUT2D eigenvalue weighted by atomic mass is 32.1. The Morgan fingerprint density at radius 1 is 1.50 bits per heavy atom. The molecule has 1 unspecified atom stereocenters. The van der Waals surface area contributed by atoms with Crippen LogP contribution in [-0.2, 0) is 9.53 Å². The molecule has 2 fully saturated rings. The normalized spacial score (nSPS) is 23.9. The lowest BCUT2D eigenvalue weighted by Gasteiger charge is -2.23. The van der Waals surface area contributed by atoms with Gasteiger partial charge in [0.1, 0.15) is 6.17 Å². The third-order valence-corrected chi connectivity index (χ3v) is 4.34. The number of thiophene rings is 1. The van der Waals surface area contributed by atoms with E-state index in [0.717, 1.165) is 12.5 Å². The van der Waals surface area contributed by atoms with Crippen molar-refractivity contribution >= 4 is 17.2 Å². The fourth-order valence-corrected chi connectivity index (χ4v) is 3.00. The Balaban J connectivity index is 1.52. The topological polar surface area (TPSA) is 41.6 Å². The summed E-state index contributed by atoms with van der Waals surface area (Å²) in [6, 6.07) is 4.09. The Bertz CT molecular complexity index is 403. The molecule has 1 amide bonds. The minimum Gasteiger partial charge on any atom is -0.379 e. The Morgan fingerprint density at radius 2 is 2.39 bits per heavy atom. The standard InChI is InChI=1S/C13H18N2O2S/c16-12-8-14-13(11-2-1-7-18-11)15(12)5-6-17-9-10-3-4-10/h1-2,7,10,13-14H,3-6,8-9H2. The average Bonchev–Trinajstić information content (AvgIpc) is 2.89. The predicted molar refractivity (Wildman–Crippen MR) is 70.3 cm³/mol. The minimum atomic E-state index is 0.0435. The molecule has 1 aromatic rings. The second-order valence-electron chi connectivity index (χ2n) is 4.90. The largest absolute Gasteiger partial charge is 0.379 e. The molecule has 0 spiro atoms. The van der Waals surface area contributed by atoms with Crippen LogP contribution in [0.15, 0.2) is 17.5 Å². The molecular weight excluding hydrogens is 248 g/mol. The summed E-state index contributed by atoms with van der Waals surface area (Å²) in [5.74, 6) is 0.953. The first-order valence-electron chi connectivity index (χ1n) is 6.48. The molecule has 0 radical (unpaired) electrons. The van der Waals surface area contributed by atoms with Crippen molar-refractivity contribution in [2.24, 2.45) is 5.92 Å². The molecule has 4 nitrogen and oxygen atoms in total. The Kier molecular flexibility index (Phi) is 3.63. The molecule has 5 heteroatoms. The van der Waals surface area contributed by atoms with Crippen LogP contribution in [0.3, 0.4) is 0 Å². The summed E-state index contributed by atoms with van der Waals surface area (Å²) in [5.41, 5.74) is 0. The summed E-state index contributed by atoms with van der Waals surface area (Å²) in [7, 11) is 0. The molecule has 3 rings (SSSR count). The van der Waals surface area contributed by atoms with E-state index in [2.05, 4.69) is 11.4 Å². The lowest BCUT2D eigenvalue weighted by Crippen LogP contribution is -2.33. The summed E-state index contributed by atoms with van der Waals surface area (Å²) in [6.07, 6.45) is 2.66. The minimum absolute atomic E-state index is 0.0435. The maximum atomic E-state index is 11.8. The molecule has 1 saturated carbocycles. The zero-order valence-electron chi connectivity index (χ0n) is 10.3. The SMILES string of the molecule is O=C1CNC(c2cccs2)N1CCOCC1CC1. The molecule has 1 aromatic heterocycles. The highest BCUT2D eigenvalue weighted by Crippen LogP contribution is 2.29. The molecule has 2 heterocycles. The van der Waals surface area contributed by atoms with Gasteiger partial charge in [0, 0.05) is 18.0 Å². The van der Waals surface area contributed by atoms with E-state index < -0.39 is 0 Å². The number of hydrogen-bond acceptors (Lipinski definition) is 4. The number of amides is 1. The van der Waals surface area contributed by atoms with Crippen molar-refractivity contribution in [2.45, 2.75) is 19.0 Å². The summed E-state index contributed by atoms with van der Waals surface area (Å²) >= 11 is 1.68. The summed E-state index contributed by atoms with van der Waals surface area (Å²) < 4.78 is 5.62. The Morgan fingerprint density at radius 3 is 3.11 bits per heavy atom. The molecule has 1 saturated heterocycles. The van der Waals surface area contributed by atoms with Crippen LogP contribution in [-0.4, -0.2) is 37.1 Å². The molecule has 18 heavy (non-hydrogen) atoms. The molecule has 0 aromatic carbocycles. The van der Waals surface area contributed by atoms with E-state index in [-0.39, 0.29) is 12.1 Å². The van der Waals surface area contributed by atoms with E-state index >= 15 is 0 Å². The van der Waals surface area contributed by atoms with Crippen molar-refractivity contribution in [2.75, 3.05) is 26.3 Å². The third-order valence-electron chi connectivity index (χ3n) is 3.42. The van der Waals surface area contributed by atoms with Gasteiger partial charge in [-0.1, -0.05) is 6.07 Å². The van der Waals surface area contributed by atoms with E-state index in [1.807, 2.05) is 16.3 Å². The lowest BCUT2D eigenvalue weighted by atomic mass is 10.3. The Labute approximate surface area is 111 Å². The van der Waals surface area contributed by atoms with Crippen molar-refractivity contribution < 1.29 is 9.53 Å². The third kappa shape index (κ3) is 2.74. The van der Waals surface area contributed by atoms with Crippen LogP contribution in [0.25, 0.3) is 0 Å². The van der Waals surface area contributed by atoms with Gasteiger partial charge in [0.05, 0.1) is 13.2 Å². The van der Waals surface area contributed by atoms with Crippen LogP contribution in [0.1, 0.15) is 23.9 Å². The first kappa shape index (κ1) is 12.1. The number of rotatable bonds is 6. The number of carbonyl (C=O) groups excluding carboxylic acids is 1. The predicted octanol–water partition coefficient (Wildman–Crippen LogP) is 1.61. The fourth-order valence-electron chi connectivity index (χ4n) is 2.19.